The molecule has 2 N–H and O–H groups in total. The highest BCUT2D eigenvalue weighted by Crippen LogP contribution is 2.40. The number of hydrogen-bond acceptors (Lipinski definition) is 3. The molecule has 0 spiro atoms. The molecular formula is C19H17F3N2O2S. The summed E-state index contributed by atoms with van der Waals surface area (Å²) in [5.74, 6) is -2.77. The lowest BCUT2D eigenvalue weighted by molar-refractivity contribution is -0.155. The van der Waals surface area contributed by atoms with Crippen LogP contribution < -0.4 is 5.73 Å². The molecule has 27 heavy (non-hydrogen) atoms. The van der Waals surface area contributed by atoms with Gasteiger partial charge in [0.05, 0.1) is 17.2 Å². The van der Waals surface area contributed by atoms with Gasteiger partial charge in [0.2, 0.25) is 5.91 Å². The minimum Gasteiger partial charge on any atom is -0.369 e. The van der Waals surface area contributed by atoms with Gasteiger partial charge in [-0.25, -0.2) is 0 Å². The van der Waals surface area contributed by atoms with Gasteiger partial charge in [0.25, 0.3) is 5.91 Å². The number of halogens is 3. The maximum absolute atomic E-state index is 13.6. The van der Waals surface area contributed by atoms with Crippen molar-refractivity contribution in [3.63, 3.8) is 0 Å². The Morgan fingerprint density at radius 1 is 1.11 bits per heavy atom. The summed E-state index contributed by atoms with van der Waals surface area (Å²) >= 11 is 1.10. The number of rotatable bonds is 4. The molecule has 4 nitrogen and oxygen atoms in total. The molecule has 0 aliphatic carbocycles. The predicted molar refractivity (Wildman–Crippen MR) is 96.3 cm³/mol. The molecule has 0 saturated heterocycles. The molecule has 8 heteroatoms. The molecule has 1 heterocycles. The Labute approximate surface area is 158 Å². The van der Waals surface area contributed by atoms with Gasteiger partial charge in [-0.15, -0.1) is 11.8 Å². The van der Waals surface area contributed by atoms with E-state index in [9.17, 15) is 22.8 Å². The number of nitrogens with zero attached hydrogens (tertiary/aromatic N) is 1. The Balaban J connectivity index is 1.91. The van der Waals surface area contributed by atoms with E-state index in [2.05, 4.69) is 0 Å². The van der Waals surface area contributed by atoms with Crippen LogP contribution in [0, 0.1) is 0 Å². The van der Waals surface area contributed by atoms with Gasteiger partial charge in [0.15, 0.2) is 0 Å². The third-order valence-corrected chi connectivity index (χ3v) is 5.46. The number of hydrogen-bond donors (Lipinski definition) is 1. The van der Waals surface area contributed by atoms with E-state index in [-0.39, 0.29) is 23.4 Å². The van der Waals surface area contributed by atoms with Gasteiger partial charge < -0.3 is 10.6 Å². The minimum atomic E-state index is -4.45. The van der Waals surface area contributed by atoms with E-state index in [1.54, 1.807) is 42.5 Å². The summed E-state index contributed by atoms with van der Waals surface area (Å²) in [4.78, 5) is 25.7. The summed E-state index contributed by atoms with van der Waals surface area (Å²) in [6.45, 7) is -0.329. The van der Waals surface area contributed by atoms with E-state index in [0.29, 0.717) is 10.5 Å². The quantitative estimate of drug-likeness (QED) is 0.807. The first-order valence-corrected chi connectivity index (χ1v) is 9.20. The standard InChI is InChI=1S/C19H17F3N2O2S/c20-19(21,22)15-10-24(9-12-5-1-2-6-13(12)15)18(26)14-7-3-4-8-16(14)27-11-17(23)25/h1-8,15H,9-11H2,(H2,23,25). The molecule has 3 rings (SSSR count). The van der Waals surface area contributed by atoms with Crippen molar-refractivity contribution in [3.05, 3.63) is 65.2 Å². The summed E-state index contributed by atoms with van der Waals surface area (Å²) in [6.07, 6.45) is -4.45. The molecule has 1 atom stereocenters. The molecule has 1 aliphatic rings. The molecule has 0 fully saturated rings. The van der Waals surface area contributed by atoms with Crippen molar-refractivity contribution in [1.82, 2.24) is 4.90 Å². The first kappa shape index (κ1) is 19.3. The van der Waals surface area contributed by atoms with Crippen LogP contribution in [0.25, 0.3) is 0 Å². The Morgan fingerprint density at radius 2 is 1.78 bits per heavy atom. The largest absolute Gasteiger partial charge is 0.397 e. The number of nitrogens with two attached hydrogens (primary N) is 1. The van der Waals surface area contributed by atoms with Crippen LogP contribution in [0.1, 0.15) is 27.4 Å². The maximum atomic E-state index is 13.6. The van der Waals surface area contributed by atoms with Crippen LogP contribution >= 0.6 is 11.8 Å². The number of carbonyl (C=O) groups is 2. The van der Waals surface area contributed by atoms with Crippen molar-refractivity contribution in [3.8, 4) is 0 Å². The SMILES string of the molecule is NC(=O)CSc1ccccc1C(=O)N1Cc2ccccc2C(C(F)(F)F)C1. The highest BCUT2D eigenvalue weighted by molar-refractivity contribution is 8.00. The summed E-state index contributed by atoms with van der Waals surface area (Å²) in [7, 11) is 0. The van der Waals surface area contributed by atoms with Crippen LogP contribution in [-0.2, 0) is 11.3 Å². The molecular weight excluding hydrogens is 377 g/mol. The zero-order chi connectivity index (χ0) is 19.6. The third kappa shape index (κ3) is 4.27. The van der Waals surface area contributed by atoms with Gasteiger partial charge in [-0.2, -0.15) is 13.2 Å². The van der Waals surface area contributed by atoms with Crippen molar-refractivity contribution in [1.29, 1.82) is 0 Å². The first-order chi connectivity index (χ1) is 12.8. The monoisotopic (exact) mass is 394 g/mol. The second-order valence-corrected chi connectivity index (χ2v) is 7.25. The highest BCUT2D eigenvalue weighted by Gasteiger charge is 2.45. The molecule has 2 aromatic carbocycles. The van der Waals surface area contributed by atoms with Crippen LogP contribution in [-0.4, -0.2) is 35.2 Å². The summed E-state index contributed by atoms with van der Waals surface area (Å²) < 4.78 is 40.7. The average molecular weight is 394 g/mol. The van der Waals surface area contributed by atoms with Crippen molar-refractivity contribution < 1.29 is 22.8 Å². The molecule has 1 aliphatic heterocycles. The normalized spacial score (nSPS) is 16.7. The molecule has 2 amide bonds. The van der Waals surface area contributed by atoms with Gasteiger partial charge in [-0.05, 0) is 23.3 Å². The lowest BCUT2D eigenvalue weighted by Gasteiger charge is -2.36. The highest BCUT2D eigenvalue weighted by atomic mass is 32.2. The number of benzene rings is 2. The molecule has 0 bridgehead atoms. The van der Waals surface area contributed by atoms with E-state index >= 15 is 0 Å². The molecule has 0 aromatic heterocycles. The zero-order valence-corrected chi connectivity index (χ0v) is 15.0. The zero-order valence-electron chi connectivity index (χ0n) is 14.2. The Kier molecular flexibility index (Phi) is 5.46. The van der Waals surface area contributed by atoms with Gasteiger partial charge in [0.1, 0.15) is 0 Å². The maximum Gasteiger partial charge on any atom is 0.397 e. The number of carbonyl (C=O) groups excluding carboxylic acids is 2. The van der Waals surface area contributed by atoms with E-state index in [1.807, 2.05) is 0 Å². The fourth-order valence-electron chi connectivity index (χ4n) is 3.13. The van der Waals surface area contributed by atoms with Crippen LogP contribution in [0.2, 0.25) is 0 Å². The second kappa shape index (κ2) is 7.64. The summed E-state index contributed by atoms with van der Waals surface area (Å²) in [6, 6.07) is 12.9. The van der Waals surface area contributed by atoms with E-state index in [0.717, 1.165) is 11.8 Å². The molecule has 1 unspecified atom stereocenters. The van der Waals surface area contributed by atoms with Gasteiger partial charge >= 0.3 is 6.18 Å². The van der Waals surface area contributed by atoms with E-state index in [1.165, 1.54) is 11.0 Å². The average Bonchev–Trinajstić information content (AvgIpc) is 2.64. The minimum absolute atomic E-state index is 0.0156. The second-order valence-electron chi connectivity index (χ2n) is 6.23. The Hall–Kier alpha value is -2.48. The van der Waals surface area contributed by atoms with Gasteiger partial charge in [-0.3, -0.25) is 9.59 Å². The summed E-state index contributed by atoms with van der Waals surface area (Å²) in [5.41, 5.74) is 6.12. The molecule has 0 saturated carbocycles. The van der Waals surface area contributed by atoms with Gasteiger partial charge in [0, 0.05) is 18.0 Å². The lowest BCUT2D eigenvalue weighted by atomic mass is 9.89. The predicted octanol–water partition coefficient (Wildman–Crippen LogP) is 3.57. The smallest absolute Gasteiger partial charge is 0.369 e. The Bertz CT molecular complexity index is 870. The van der Waals surface area contributed by atoms with Crippen LogP contribution in [0.5, 0.6) is 0 Å². The third-order valence-electron chi connectivity index (χ3n) is 4.36. The van der Waals surface area contributed by atoms with Gasteiger partial charge in [-0.1, -0.05) is 36.4 Å². The van der Waals surface area contributed by atoms with Crippen molar-refractivity contribution in [2.45, 2.75) is 23.5 Å². The number of alkyl halides is 3. The number of thioether (sulfide) groups is 1. The lowest BCUT2D eigenvalue weighted by Crippen LogP contribution is -2.43. The number of amides is 2. The molecule has 0 radical (unpaired) electrons. The topological polar surface area (TPSA) is 63.4 Å². The fourth-order valence-corrected chi connectivity index (χ4v) is 3.91. The van der Waals surface area contributed by atoms with Crippen LogP contribution in [0.15, 0.2) is 53.4 Å². The van der Waals surface area contributed by atoms with Crippen molar-refractivity contribution >= 4 is 23.6 Å². The first-order valence-electron chi connectivity index (χ1n) is 8.21. The van der Waals surface area contributed by atoms with E-state index < -0.39 is 30.5 Å². The van der Waals surface area contributed by atoms with Crippen LogP contribution in [0.3, 0.4) is 0 Å². The van der Waals surface area contributed by atoms with Crippen molar-refractivity contribution in [2.24, 2.45) is 5.73 Å². The number of primary amides is 1. The summed E-state index contributed by atoms with van der Waals surface area (Å²) in [5, 5.41) is 0. The molecule has 142 valence electrons. The van der Waals surface area contributed by atoms with Crippen molar-refractivity contribution in [2.75, 3.05) is 12.3 Å². The van der Waals surface area contributed by atoms with E-state index in [4.69, 9.17) is 5.73 Å². The fraction of sp³-hybridized carbons (Fsp3) is 0.263. The number of fused-ring (bicyclic) bond motifs is 1. The molecule has 2 aromatic rings. The van der Waals surface area contributed by atoms with Crippen LogP contribution in [0.4, 0.5) is 13.2 Å². The Morgan fingerprint density at radius 3 is 2.48 bits per heavy atom.